The van der Waals surface area contributed by atoms with Gasteiger partial charge >= 0.3 is 5.97 Å². The van der Waals surface area contributed by atoms with Crippen LogP contribution >= 0.6 is 0 Å². The Labute approximate surface area is 70.1 Å². The normalized spacial score (nSPS) is 7.00. The number of primary amides is 1. The van der Waals surface area contributed by atoms with Crippen LogP contribution in [0.15, 0.2) is 12.2 Å². The van der Waals surface area contributed by atoms with E-state index in [4.69, 9.17) is 10.4 Å². The number of nitriles is 1. The SMILES string of the molecule is C=C(C)C(=O)O.N#CCC(N)=O. The van der Waals surface area contributed by atoms with E-state index in [0.29, 0.717) is 0 Å². The van der Waals surface area contributed by atoms with E-state index >= 15 is 0 Å². The molecule has 3 N–H and O–H groups in total. The van der Waals surface area contributed by atoms with Crippen molar-refractivity contribution in [3.63, 3.8) is 0 Å². The molecule has 0 saturated heterocycles. The number of aliphatic carboxylic acids is 1. The molecule has 0 bridgehead atoms. The number of hydrogen-bond acceptors (Lipinski definition) is 3. The van der Waals surface area contributed by atoms with Gasteiger partial charge in [0, 0.05) is 5.57 Å². The molecule has 0 rings (SSSR count). The van der Waals surface area contributed by atoms with E-state index in [2.05, 4.69) is 12.3 Å². The number of carbonyl (C=O) groups is 2. The minimum atomic E-state index is -0.935. The third-order valence-electron chi connectivity index (χ3n) is 0.618. The van der Waals surface area contributed by atoms with E-state index in [1.165, 1.54) is 6.92 Å². The molecule has 0 aliphatic rings. The molecule has 5 heteroatoms. The average molecular weight is 170 g/mol. The zero-order chi connectivity index (χ0) is 10.1. The molecule has 0 aromatic rings. The molecule has 0 radical (unpaired) electrons. The maximum atomic E-state index is 9.60. The number of carboxylic acids is 1. The Bertz CT molecular complexity index is 215. The van der Waals surface area contributed by atoms with Crippen LogP contribution < -0.4 is 5.73 Å². The van der Waals surface area contributed by atoms with E-state index in [0.717, 1.165) is 0 Å². The van der Waals surface area contributed by atoms with Gasteiger partial charge in [-0.25, -0.2) is 4.79 Å². The van der Waals surface area contributed by atoms with E-state index in [1.54, 1.807) is 6.07 Å². The van der Waals surface area contributed by atoms with Crippen molar-refractivity contribution in [2.45, 2.75) is 13.3 Å². The highest BCUT2D eigenvalue weighted by atomic mass is 16.4. The second kappa shape index (κ2) is 7.28. The van der Waals surface area contributed by atoms with Crippen LogP contribution in [0.5, 0.6) is 0 Å². The Morgan fingerprint density at radius 3 is 2.00 bits per heavy atom. The van der Waals surface area contributed by atoms with Crippen molar-refractivity contribution in [1.82, 2.24) is 0 Å². The molecule has 66 valence electrons. The number of rotatable bonds is 2. The van der Waals surface area contributed by atoms with E-state index < -0.39 is 11.9 Å². The summed E-state index contributed by atoms with van der Waals surface area (Å²) in [5.41, 5.74) is 4.72. The molecule has 0 unspecified atom stereocenters. The Balaban J connectivity index is 0. The van der Waals surface area contributed by atoms with Gasteiger partial charge in [0.1, 0.15) is 6.42 Å². The summed E-state index contributed by atoms with van der Waals surface area (Å²) in [6, 6.07) is 1.59. The van der Waals surface area contributed by atoms with Crippen LogP contribution in [-0.4, -0.2) is 17.0 Å². The average Bonchev–Trinajstić information content (AvgIpc) is 1.87. The van der Waals surface area contributed by atoms with Crippen LogP contribution in [0.2, 0.25) is 0 Å². The van der Waals surface area contributed by atoms with Gasteiger partial charge in [-0.15, -0.1) is 0 Å². The highest BCUT2D eigenvalue weighted by Gasteiger charge is 1.90. The first-order valence-corrected chi connectivity index (χ1v) is 2.95. The summed E-state index contributed by atoms with van der Waals surface area (Å²) in [6.45, 7) is 4.60. The van der Waals surface area contributed by atoms with E-state index in [9.17, 15) is 9.59 Å². The minimum absolute atomic E-state index is 0.176. The summed E-state index contributed by atoms with van der Waals surface area (Å²) in [5.74, 6) is -1.51. The van der Waals surface area contributed by atoms with Gasteiger partial charge in [0.2, 0.25) is 5.91 Å². The lowest BCUT2D eigenvalue weighted by atomic mass is 10.4. The molecule has 12 heavy (non-hydrogen) atoms. The summed E-state index contributed by atoms with van der Waals surface area (Å²) in [4.78, 5) is 19.2. The summed E-state index contributed by atoms with van der Waals surface area (Å²) < 4.78 is 0. The molecule has 0 fully saturated rings. The number of carbonyl (C=O) groups excluding carboxylic acids is 1. The van der Waals surface area contributed by atoms with Crippen LogP contribution in [0.1, 0.15) is 13.3 Å². The monoisotopic (exact) mass is 170 g/mol. The standard InChI is InChI=1S/C4H6O2.C3H4N2O/c1-3(2)4(5)6;4-2-1-3(5)6/h1H2,2H3,(H,5,6);1H2,(H2,5,6). The van der Waals surface area contributed by atoms with Crippen LogP contribution in [0, 0.1) is 11.3 Å². The van der Waals surface area contributed by atoms with Crippen molar-refractivity contribution in [3.05, 3.63) is 12.2 Å². The van der Waals surface area contributed by atoms with Gasteiger partial charge in [-0.2, -0.15) is 5.26 Å². The first kappa shape index (κ1) is 12.8. The smallest absolute Gasteiger partial charge is 0.330 e. The second-order valence-electron chi connectivity index (χ2n) is 1.89. The second-order valence-corrected chi connectivity index (χ2v) is 1.89. The zero-order valence-electron chi connectivity index (χ0n) is 6.70. The number of nitrogens with two attached hydrogens (primary N) is 1. The van der Waals surface area contributed by atoms with Gasteiger partial charge in [-0.1, -0.05) is 6.58 Å². The van der Waals surface area contributed by atoms with Crippen LogP contribution in [-0.2, 0) is 9.59 Å². The summed E-state index contributed by atoms with van der Waals surface area (Å²) in [7, 11) is 0. The highest BCUT2D eigenvalue weighted by molar-refractivity contribution is 5.84. The molecule has 0 aliphatic heterocycles. The van der Waals surface area contributed by atoms with Crippen LogP contribution in [0.25, 0.3) is 0 Å². The quantitative estimate of drug-likeness (QED) is 0.570. The molecule has 0 heterocycles. The van der Waals surface area contributed by atoms with Crippen LogP contribution in [0.3, 0.4) is 0 Å². The van der Waals surface area contributed by atoms with Crippen LogP contribution in [0.4, 0.5) is 0 Å². The zero-order valence-corrected chi connectivity index (χ0v) is 6.70. The molecule has 0 spiro atoms. The molecule has 0 aliphatic carbocycles. The number of amides is 1. The predicted molar refractivity (Wildman–Crippen MR) is 41.9 cm³/mol. The molecule has 0 aromatic heterocycles. The van der Waals surface area contributed by atoms with E-state index in [-0.39, 0.29) is 12.0 Å². The summed E-state index contributed by atoms with van der Waals surface area (Å²) >= 11 is 0. The molecule has 0 aromatic carbocycles. The van der Waals surface area contributed by atoms with Gasteiger partial charge in [0.25, 0.3) is 0 Å². The van der Waals surface area contributed by atoms with Gasteiger partial charge in [-0.05, 0) is 6.92 Å². The number of nitrogens with zero attached hydrogens (tertiary/aromatic N) is 1. The van der Waals surface area contributed by atoms with Gasteiger partial charge in [-0.3, -0.25) is 4.79 Å². The van der Waals surface area contributed by atoms with Crippen molar-refractivity contribution < 1.29 is 14.7 Å². The Morgan fingerprint density at radius 1 is 1.67 bits per heavy atom. The fourth-order valence-electron chi connectivity index (χ4n) is 0.0779. The third-order valence-corrected chi connectivity index (χ3v) is 0.618. The summed E-state index contributed by atoms with van der Waals surface area (Å²) in [5, 5.41) is 15.6. The molecular weight excluding hydrogens is 160 g/mol. The Hall–Kier alpha value is -1.83. The lowest BCUT2D eigenvalue weighted by molar-refractivity contribution is -0.132. The number of hydrogen-bond donors (Lipinski definition) is 2. The lowest BCUT2D eigenvalue weighted by Gasteiger charge is -1.79. The van der Waals surface area contributed by atoms with Crippen molar-refractivity contribution in [1.29, 1.82) is 5.26 Å². The van der Waals surface area contributed by atoms with Crippen molar-refractivity contribution in [2.75, 3.05) is 0 Å². The Morgan fingerprint density at radius 2 is 2.00 bits per heavy atom. The topological polar surface area (TPSA) is 104 Å². The van der Waals surface area contributed by atoms with Gasteiger partial charge in [0.05, 0.1) is 6.07 Å². The van der Waals surface area contributed by atoms with Gasteiger partial charge in [0.15, 0.2) is 0 Å². The minimum Gasteiger partial charge on any atom is -0.478 e. The first-order valence-electron chi connectivity index (χ1n) is 2.95. The predicted octanol–water partition coefficient (Wildman–Crippen LogP) is 0.0325. The molecular formula is C7H10N2O3. The maximum absolute atomic E-state index is 9.60. The van der Waals surface area contributed by atoms with Gasteiger partial charge < -0.3 is 10.8 Å². The molecule has 0 saturated carbocycles. The number of carboxylic acid groups (broad SMARTS) is 1. The fraction of sp³-hybridized carbons (Fsp3) is 0.286. The van der Waals surface area contributed by atoms with Crippen molar-refractivity contribution in [3.8, 4) is 6.07 Å². The molecule has 1 amide bonds. The molecule has 0 atom stereocenters. The van der Waals surface area contributed by atoms with Crippen molar-refractivity contribution in [2.24, 2.45) is 5.73 Å². The van der Waals surface area contributed by atoms with E-state index in [1.807, 2.05) is 0 Å². The molecule has 5 nitrogen and oxygen atoms in total. The fourth-order valence-corrected chi connectivity index (χ4v) is 0.0779. The summed E-state index contributed by atoms with van der Waals surface area (Å²) in [6.07, 6.45) is -0.181. The lowest BCUT2D eigenvalue weighted by Crippen LogP contribution is -2.07. The largest absolute Gasteiger partial charge is 0.478 e. The highest BCUT2D eigenvalue weighted by Crippen LogP contribution is 1.81. The maximum Gasteiger partial charge on any atom is 0.330 e. The Kier molecular flexibility index (Phi) is 7.77. The van der Waals surface area contributed by atoms with Crippen molar-refractivity contribution >= 4 is 11.9 Å². The third kappa shape index (κ3) is 15.7. The first-order chi connectivity index (χ1) is 5.41.